The van der Waals surface area contributed by atoms with Crippen LogP contribution in [0.1, 0.15) is 37.0 Å². The van der Waals surface area contributed by atoms with Gasteiger partial charge < -0.3 is 20.7 Å². The minimum Gasteiger partial charge on any atom is -0.380 e. The molecule has 0 saturated carbocycles. The van der Waals surface area contributed by atoms with Gasteiger partial charge in [0.2, 0.25) is 5.91 Å². The van der Waals surface area contributed by atoms with Gasteiger partial charge in [-0.1, -0.05) is 26.0 Å². The lowest BCUT2D eigenvalue weighted by Gasteiger charge is -2.35. The Balaban J connectivity index is 0.00000338. The second-order valence-electron chi connectivity index (χ2n) is 7.05. The summed E-state index contributed by atoms with van der Waals surface area (Å²) in [7, 11) is 1.53. The second-order valence-corrected chi connectivity index (χ2v) is 7.05. The summed E-state index contributed by atoms with van der Waals surface area (Å²) < 4.78 is 5.14. The van der Waals surface area contributed by atoms with Gasteiger partial charge in [-0.25, -0.2) is 0 Å². The summed E-state index contributed by atoms with van der Waals surface area (Å²) in [6.07, 6.45) is 0.971. The van der Waals surface area contributed by atoms with Crippen LogP contribution in [0.3, 0.4) is 0 Å². The highest BCUT2D eigenvalue weighted by Crippen LogP contribution is 2.25. The number of nitrogens with one attached hydrogen (secondary N) is 1. The highest BCUT2D eigenvalue weighted by atomic mass is 35.5. The van der Waals surface area contributed by atoms with E-state index in [4.69, 9.17) is 10.5 Å². The predicted octanol–water partition coefficient (Wildman–Crippen LogP) is 2.53. The first-order valence-electron chi connectivity index (χ1n) is 8.85. The Kier molecular flexibility index (Phi) is 9.05. The summed E-state index contributed by atoms with van der Waals surface area (Å²) >= 11 is 0. The molecule has 1 aliphatic rings. The molecule has 3 atom stereocenters. The number of anilines is 1. The van der Waals surface area contributed by atoms with Gasteiger partial charge >= 0.3 is 0 Å². The monoisotopic (exact) mass is 383 g/mol. The van der Waals surface area contributed by atoms with Crippen LogP contribution in [0.15, 0.2) is 24.3 Å². The third kappa shape index (κ3) is 5.97. The van der Waals surface area contributed by atoms with Crippen molar-refractivity contribution in [2.24, 2.45) is 17.6 Å². The number of carbonyl (C=O) groups excluding carboxylic acids is 2. The van der Waals surface area contributed by atoms with Crippen LogP contribution in [0.25, 0.3) is 0 Å². The van der Waals surface area contributed by atoms with Gasteiger partial charge in [0.05, 0.1) is 23.8 Å². The van der Waals surface area contributed by atoms with Gasteiger partial charge in [0.25, 0.3) is 5.91 Å². The number of amides is 2. The van der Waals surface area contributed by atoms with Crippen LogP contribution in [0.2, 0.25) is 0 Å². The fourth-order valence-electron chi connectivity index (χ4n) is 3.45. The Bertz CT molecular complexity index is 597. The van der Waals surface area contributed by atoms with E-state index in [9.17, 15) is 9.59 Å². The van der Waals surface area contributed by atoms with E-state index in [1.165, 1.54) is 7.11 Å². The molecule has 3 unspecified atom stereocenters. The quantitative estimate of drug-likeness (QED) is 0.790. The maximum absolute atomic E-state index is 13.0. The summed E-state index contributed by atoms with van der Waals surface area (Å²) in [6, 6.07) is 7.15. The topological polar surface area (TPSA) is 84.7 Å². The number of halogens is 1. The maximum Gasteiger partial charge on any atom is 0.255 e. The normalized spacial score (nSPS) is 20.8. The van der Waals surface area contributed by atoms with Crippen molar-refractivity contribution >= 4 is 29.9 Å². The van der Waals surface area contributed by atoms with Crippen molar-refractivity contribution in [3.8, 4) is 0 Å². The van der Waals surface area contributed by atoms with Crippen molar-refractivity contribution < 1.29 is 14.3 Å². The van der Waals surface area contributed by atoms with Gasteiger partial charge in [0.1, 0.15) is 0 Å². The Hall–Kier alpha value is -1.63. The van der Waals surface area contributed by atoms with E-state index in [0.29, 0.717) is 23.1 Å². The number of rotatable bonds is 6. The average Bonchev–Trinajstić information content (AvgIpc) is 2.58. The van der Waals surface area contributed by atoms with Crippen LogP contribution >= 0.6 is 12.4 Å². The summed E-state index contributed by atoms with van der Waals surface area (Å²) in [6.45, 7) is 6.12. The van der Waals surface area contributed by atoms with E-state index in [1.807, 2.05) is 17.0 Å². The number of nitrogens with zero attached hydrogens (tertiary/aromatic N) is 1. The van der Waals surface area contributed by atoms with E-state index in [1.54, 1.807) is 12.1 Å². The molecule has 0 aromatic heterocycles. The van der Waals surface area contributed by atoms with Crippen molar-refractivity contribution in [1.29, 1.82) is 0 Å². The molecule has 1 heterocycles. The molecule has 0 aliphatic carbocycles. The van der Waals surface area contributed by atoms with E-state index in [0.717, 1.165) is 19.5 Å². The predicted molar refractivity (Wildman–Crippen MR) is 106 cm³/mol. The molecular weight excluding hydrogens is 354 g/mol. The lowest BCUT2D eigenvalue weighted by atomic mass is 9.91. The lowest BCUT2D eigenvalue weighted by Crippen LogP contribution is -2.42. The number of ether oxygens (including phenoxy) is 1. The highest BCUT2D eigenvalue weighted by molar-refractivity contribution is 6.03. The highest BCUT2D eigenvalue weighted by Gasteiger charge is 2.27. The molecule has 6 nitrogen and oxygen atoms in total. The number of likely N-dealkylation sites (tertiary alicyclic amines) is 1. The molecule has 0 spiro atoms. The summed E-state index contributed by atoms with van der Waals surface area (Å²) in [5.74, 6) is 0.734. The zero-order valence-corrected chi connectivity index (χ0v) is 16.6. The van der Waals surface area contributed by atoms with Crippen molar-refractivity contribution in [2.75, 3.05) is 32.1 Å². The number of nitrogens with two attached hydrogens (primary N) is 1. The molecule has 1 aliphatic heterocycles. The molecular formula is C19H30ClN3O3. The van der Waals surface area contributed by atoms with Gasteiger partial charge in [0, 0.05) is 26.7 Å². The first kappa shape index (κ1) is 22.4. The summed E-state index contributed by atoms with van der Waals surface area (Å²) in [5, 5.41) is 2.83. The average molecular weight is 384 g/mol. The molecule has 7 heteroatoms. The minimum atomic E-state index is -0.327. The molecule has 2 amide bonds. The molecule has 26 heavy (non-hydrogen) atoms. The third-order valence-corrected chi connectivity index (χ3v) is 4.60. The SMILES string of the molecule is COC(CN)CC(=O)Nc1ccccc1C(=O)N1CC(C)CC(C)C1.Cl. The molecule has 0 radical (unpaired) electrons. The standard InChI is InChI=1S/C19H29N3O3.ClH/c1-13-8-14(2)12-22(11-13)19(24)16-6-4-5-7-17(16)21-18(23)9-15(10-20)25-3;/h4-7,13-15H,8-12,20H2,1-3H3,(H,21,23);1H. The van der Waals surface area contributed by atoms with Crippen LogP contribution in [0.5, 0.6) is 0 Å². The Morgan fingerprint density at radius 1 is 1.27 bits per heavy atom. The fraction of sp³-hybridized carbons (Fsp3) is 0.579. The van der Waals surface area contributed by atoms with Gasteiger partial charge in [-0.2, -0.15) is 0 Å². The van der Waals surface area contributed by atoms with Gasteiger partial charge in [-0.15, -0.1) is 12.4 Å². The van der Waals surface area contributed by atoms with Crippen LogP contribution in [0.4, 0.5) is 5.69 Å². The van der Waals surface area contributed by atoms with Crippen molar-refractivity contribution in [2.45, 2.75) is 32.8 Å². The third-order valence-electron chi connectivity index (χ3n) is 4.60. The largest absolute Gasteiger partial charge is 0.380 e. The van der Waals surface area contributed by atoms with Crippen LogP contribution < -0.4 is 11.1 Å². The zero-order chi connectivity index (χ0) is 18.4. The van der Waals surface area contributed by atoms with E-state index in [-0.39, 0.29) is 43.3 Å². The van der Waals surface area contributed by atoms with Crippen molar-refractivity contribution in [3.05, 3.63) is 29.8 Å². The number of para-hydroxylation sites is 1. The molecule has 1 saturated heterocycles. The zero-order valence-electron chi connectivity index (χ0n) is 15.7. The van der Waals surface area contributed by atoms with Crippen LogP contribution in [-0.2, 0) is 9.53 Å². The Morgan fingerprint density at radius 2 is 1.88 bits per heavy atom. The number of benzene rings is 1. The van der Waals surface area contributed by atoms with E-state index < -0.39 is 0 Å². The molecule has 0 bridgehead atoms. The van der Waals surface area contributed by atoms with Gasteiger partial charge in [0.15, 0.2) is 0 Å². The van der Waals surface area contributed by atoms with Gasteiger partial charge in [-0.3, -0.25) is 9.59 Å². The minimum absolute atomic E-state index is 0. The Labute approximate surface area is 161 Å². The number of hydrogen-bond acceptors (Lipinski definition) is 4. The van der Waals surface area contributed by atoms with Crippen molar-refractivity contribution in [1.82, 2.24) is 4.90 Å². The van der Waals surface area contributed by atoms with Gasteiger partial charge in [-0.05, 0) is 30.4 Å². The first-order chi connectivity index (χ1) is 11.9. The molecule has 3 N–H and O–H groups in total. The van der Waals surface area contributed by atoms with E-state index in [2.05, 4.69) is 19.2 Å². The smallest absolute Gasteiger partial charge is 0.255 e. The number of carbonyl (C=O) groups is 2. The maximum atomic E-state index is 13.0. The van der Waals surface area contributed by atoms with Crippen LogP contribution in [-0.4, -0.2) is 49.6 Å². The molecule has 1 fully saturated rings. The number of hydrogen-bond donors (Lipinski definition) is 2. The second kappa shape index (κ2) is 10.5. The van der Waals surface area contributed by atoms with Crippen molar-refractivity contribution in [3.63, 3.8) is 0 Å². The number of piperidine rings is 1. The molecule has 2 rings (SSSR count). The van der Waals surface area contributed by atoms with Crippen LogP contribution in [0, 0.1) is 11.8 Å². The number of methoxy groups -OCH3 is 1. The molecule has 146 valence electrons. The molecule has 1 aromatic rings. The summed E-state index contributed by atoms with van der Waals surface area (Å²) in [5.41, 5.74) is 6.62. The van der Waals surface area contributed by atoms with E-state index >= 15 is 0 Å². The first-order valence-corrected chi connectivity index (χ1v) is 8.85. The summed E-state index contributed by atoms with van der Waals surface area (Å²) in [4.78, 5) is 27.1. The Morgan fingerprint density at radius 3 is 2.46 bits per heavy atom. The fourth-order valence-corrected chi connectivity index (χ4v) is 3.45. The lowest BCUT2D eigenvalue weighted by molar-refractivity contribution is -0.118. The molecule has 1 aromatic carbocycles.